The van der Waals surface area contributed by atoms with E-state index in [0.717, 1.165) is 0 Å². The minimum Gasteiger partial charge on any atom is -0.493 e. The van der Waals surface area contributed by atoms with Gasteiger partial charge in [0.15, 0.2) is 0 Å². The molecule has 0 saturated carbocycles. The van der Waals surface area contributed by atoms with Crippen LogP contribution in [-0.4, -0.2) is 21.6 Å². The smallest absolute Gasteiger partial charge is 0.262 e. The van der Waals surface area contributed by atoms with E-state index in [2.05, 4.69) is 9.97 Å². The van der Waals surface area contributed by atoms with Crippen molar-refractivity contribution in [3.8, 4) is 17.0 Å². The van der Waals surface area contributed by atoms with Crippen LogP contribution in [0.3, 0.4) is 0 Å². The molecule has 5 nitrogen and oxygen atoms in total. The molecule has 0 aliphatic carbocycles. The summed E-state index contributed by atoms with van der Waals surface area (Å²) in [6.07, 6.45) is 0. The number of hydrogen-bond donors (Lipinski definition) is 3. The van der Waals surface area contributed by atoms with Gasteiger partial charge in [-0.3, -0.25) is 4.79 Å². The summed E-state index contributed by atoms with van der Waals surface area (Å²) in [7, 11) is 0. The molecule has 1 heterocycles. The van der Waals surface area contributed by atoms with Crippen LogP contribution in [0.25, 0.3) is 11.1 Å². The molecule has 0 fully saturated rings. The fraction of sp³-hybridized carbons (Fsp3) is 0.231. The summed E-state index contributed by atoms with van der Waals surface area (Å²) in [6, 6.07) is 5.70. The third kappa shape index (κ3) is 2.48. The Bertz CT molecular complexity index is 655. The third-order valence-electron chi connectivity index (χ3n) is 2.88. The lowest BCUT2D eigenvalue weighted by Gasteiger charge is -2.10. The van der Waals surface area contributed by atoms with E-state index >= 15 is 0 Å². The van der Waals surface area contributed by atoms with Gasteiger partial charge < -0.3 is 15.8 Å². The monoisotopic (exact) mass is 263 g/mol. The number of rotatable bonds is 3. The van der Waals surface area contributed by atoms with Gasteiger partial charge in [0.25, 0.3) is 5.56 Å². The molecule has 0 aliphatic heterocycles. The Balaban J connectivity index is 2.61. The number of halogens is 1. The van der Waals surface area contributed by atoms with Crippen molar-refractivity contribution in [2.75, 3.05) is 6.54 Å². The molecule has 100 valence electrons. The van der Waals surface area contributed by atoms with Crippen LogP contribution in [-0.2, 0) is 0 Å². The number of aromatic amines is 1. The van der Waals surface area contributed by atoms with Crippen molar-refractivity contribution in [1.29, 1.82) is 0 Å². The summed E-state index contributed by atoms with van der Waals surface area (Å²) in [5.74, 6) is -1.01. The fourth-order valence-corrected chi connectivity index (χ4v) is 1.73. The first-order valence-electron chi connectivity index (χ1n) is 5.82. The van der Waals surface area contributed by atoms with Crippen LogP contribution in [0.2, 0.25) is 0 Å². The van der Waals surface area contributed by atoms with Gasteiger partial charge >= 0.3 is 0 Å². The van der Waals surface area contributed by atoms with Crippen molar-refractivity contribution >= 4 is 0 Å². The van der Waals surface area contributed by atoms with E-state index in [1.807, 2.05) is 0 Å². The van der Waals surface area contributed by atoms with Crippen molar-refractivity contribution < 1.29 is 9.50 Å². The first kappa shape index (κ1) is 13.2. The van der Waals surface area contributed by atoms with E-state index < -0.39 is 17.3 Å². The predicted molar refractivity (Wildman–Crippen MR) is 69.4 cm³/mol. The predicted octanol–water partition coefficient (Wildman–Crippen LogP) is 1.34. The number of nitrogens with zero attached hydrogens (tertiary/aromatic N) is 1. The van der Waals surface area contributed by atoms with Gasteiger partial charge in [-0.05, 0) is 6.07 Å². The first-order valence-corrected chi connectivity index (χ1v) is 5.82. The van der Waals surface area contributed by atoms with Crippen molar-refractivity contribution in [1.82, 2.24) is 9.97 Å². The number of nitrogens with two attached hydrogens (primary N) is 1. The van der Waals surface area contributed by atoms with Crippen molar-refractivity contribution in [2.45, 2.75) is 12.8 Å². The highest BCUT2D eigenvalue weighted by atomic mass is 19.1. The van der Waals surface area contributed by atoms with Gasteiger partial charge in [-0.25, -0.2) is 4.39 Å². The number of aromatic nitrogens is 2. The number of nitrogens with one attached hydrogen (secondary N) is 1. The quantitative estimate of drug-likeness (QED) is 0.779. The second kappa shape index (κ2) is 5.19. The number of hydrogen-bond acceptors (Lipinski definition) is 4. The molecule has 0 radical (unpaired) electrons. The van der Waals surface area contributed by atoms with Crippen molar-refractivity contribution in [3.05, 3.63) is 46.3 Å². The Morgan fingerprint density at radius 2 is 2.16 bits per heavy atom. The second-order valence-corrected chi connectivity index (χ2v) is 4.27. The molecule has 1 aromatic heterocycles. The minimum absolute atomic E-state index is 0.0145. The molecule has 0 saturated heterocycles. The summed E-state index contributed by atoms with van der Waals surface area (Å²) in [5.41, 5.74) is 4.72. The lowest BCUT2D eigenvalue weighted by molar-refractivity contribution is 0.447. The maximum atomic E-state index is 13.6. The summed E-state index contributed by atoms with van der Waals surface area (Å²) in [6.45, 7) is 2.04. The molecule has 0 amide bonds. The maximum Gasteiger partial charge on any atom is 0.262 e. The van der Waals surface area contributed by atoms with E-state index in [1.54, 1.807) is 13.0 Å². The van der Waals surface area contributed by atoms with Gasteiger partial charge in [0.1, 0.15) is 17.2 Å². The normalized spacial score (nSPS) is 12.4. The molecule has 19 heavy (non-hydrogen) atoms. The fourth-order valence-electron chi connectivity index (χ4n) is 1.73. The third-order valence-corrected chi connectivity index (χ3v) is 2.88. The average molecular weight is 263 g/mol. The standard InChI is InChI=1S/C13H14FN3O2/c1-7(6-15)11-16-12(18)10(13(19)17-11)8-4-2-3-5-9(8)14/h2-5,7H,6,15H2,1H3,(H2,16,17,18,19). The van der Waals surface area contributed by atoms with Crippen LogP contribution in [0, 0.1) is 5.82 Å². The Labute approximate surface area is 108 Å². The zero-order chi connectivity index (χ0) is 14.0. The largest absolute Gasteiger partial charge is 0.493 e. The van der Waals surface area contributed by atoms with Crippen LogP contribution in [0.5, 0.6) is 5.88 Å². The molecular formula is C13H14FN3O2. The molecule has 2 rings (SSSR count). The first-order chi connectivity index (χ1) is 9.04. The topological polar surface area (TPSA) is 92.0 Å². The molecule has 1 unspecified atom stereocenters. The summed E-state index contributed by atoms with van der Waals surface area (Å²) in [5, 5.41) is 9.86. The number of benzene rings is 1. The van der Waals surface area contributed by atoms with Gasteiger partial charge in [-0.15, -0.1) is 0 Å². The molecule has 4 N–H and O–H groups in total. The Kier molecular flexibility index (Phi) is 3.62. The van der Waals surface area contributed by atoms with Gasteiger partial charge in [-0.2, -0.15) is 4.98 Å². The Morgan fingerprint density at radius 3 is 2.74 bits per heavy atom. The van der Waals surface area contributed by atoms with E-state index in [4.69, 9.17) is 5.73 Å². The zero-order valence-corrected chi connectivity index (χ0v) is 10.4. The van der Waals surface area contributed by atoms with Gasteiger partial charge in [-0.1, -0.05) is 25.1 Å². The highest BCUT2D eigenvalue weighted by Crippen LogP contribution is 2.26. The summed E-state index contributed by atoms with van der Waals surface area (Å²) in [4.78, 5) is 18.4. The number of H-pyrrole nitrogens is 1. The molecule has 1 atom stereocenters. The lowest BCUT2D eigenvalue weighted by atomic mass is 10.1. The van der Waals surface area contributed by atoms with Crippen LogP contribution in [0.1, 0.15) is 18.7 Å². The second-order valence-electron chi connectivity index (χ2n) is 4.27. The highest BCUT2D eigenvalue weighted by molar-refractivity contribution is 5.67. The maximum absolute atomic E-state index is 13.6. The van der Waals surface area contributed by atoms with Crippen LogP contribution in [0.4, 0.5) is 4.39 Å². The Hall–Kier alpha value is -2.21. The molecule has 0 spiro atoms. The molecule has 2 aromatic rings. The van der Waals surface area contributed by atoms with Crippen molar-refractivity contribution in [3.63, 3.8) is 0 Å². The van der Waals surface area contributed by atoms with E-state index in [9.17, 15) is 14.3 Å². The lowest BCUT2D eigenvalue weighted by Crippen LogP contribution is -2.19. The summed E-state index contributed by atoms with van der Waals surface area (Å²) >= 11 is 0. The van der Waals surface area contributed by atoms with Crippen molar-refractivity contribution in [2.24, 2.45) is 5.73 Å². The van der Waals surface area contributed by atoms with Gasteiger partial charge in [0.2, 0.25) is 5.88 Å². The molecule has 6 heteroatoms. The molecule has 0 bridgehead atoms. The highest BCUT2D eigenvalue weighted by Gasteiger charge is 2.17. The van der Waals surface area contributed by atoms with E-state index in [0.29, 0.717) is 0 Å². The molecular weight excluding hydrogens is 249 g/mol. The van der Waals surface area contributed by atoms with Crippen LogP contribution >= 0.6 is 0 Å². The van der Waals surface area contributed by atoms with Crippen LogP contribution < -0.4 is 11.3 Å². The van der Waals surface area contributed by atoms with Gasteiger partial charge in [0.05, 0.1) is 0 Å². The summed E-state index contributed by atoms with van der Waals surface area (Å²) < 4.78 is 13.6. The Morgan fingerprint density at radius 1 is 1.47 bits per heavy atom. The van der Waals surface area contributed by atoms with E-state index in [-0.39, 0.29) is 29.4 Å². The SMILES string of the molecule is CC(CN)c1nc(O)c(-c2ccccc2F)c(=O)[nH]1. The minimum atomic E-state index is -0.593. The van der Waals surface area contributed by atoms with E-state index in [1.165, 1.54) is 18.2 Å². The van der Waals surface area contributed by atoms with Crippen LogP contribution in [0.15, 0.2) is 29.1 Å². The number of aromatic hydroxyl groups is 1. The zero-order valence-electron chi connectivity index (χ0n) is 10.4. The van der Waals surface area contributed by atoms with Gasteiger partial charge in [0, 0.05) is 18.0 Å². The molecule has 0 aliphatic rings. The molecule has 1 aromatic carbocycles. The average Bonchev–Trinajstić information content (AvgIpc) is 2.39.